The molecule has 0 spiro atoms. The molecule has 0 aliphatic rings. The second kappa shape index (κ2) is 8.64. The van der Waals surface area contributed by atoms with Gasteiger partial charge in [0.05, 0.1) is 5.56 Å². The van der Waals surface area contributed by atoms with E-state index in [9.17, 15) is 19.2 Å². The summed E-state index contributed by atoms with van der Waals surface area (Å²) in [5, 5.41) is 2.49. The van der Waals surface area contributed by atoms with Crippen molar-refractivity contribution in [3.63, 3.8) is 0 Å². The van der Waals surface area contributed by atoms with Crippen LogP contribution in [0.2, 0.25) is 0 Å². The SMILES string of the molecule is CCCn1cc(C(=O)OC(=O)c2ccccc2)c(=O)c2c(NC(C)=O)nc(C)nc21. The lowest BCUT2D eigenvalue weighted by Crippen LogP contribution is -2.25. The summed E-state index contributed by atoms with van der Waals surface area (Å²) in [6, 6.07) is 7.97. The van der Waals surface area contributed by atoms with E-state index in [0.29, 0.717) is 18.8 Å². The second-order valence-electron chi connectivity index (χ2n) is 6.61. The van der Waals surface area contributed by atoms with Gasteiger partial charge in [0.15, 0.2) is 0 Å². The van der Waals surface area contributed by atoms with Crippen LogP contribution in [0.5, 0.6) is 0 Å². The molecular weight excluding hydrogens is 388 g/mol. The Balaban J connectivity index is 2.15. The Morgan fingerprint density at radius 2 is 1.80 bits per heavy atom. The number of amides is 1. The summed E-state index contributed by atoms with van der Waals surface area (Å²) < 4.78 is 6.52. The molecule has 0 unspecified atom stereocenters. The molecule has 0 saturated heterocycles. The third kappa shape index (κ3) is 4.24. The fourth-order valence-electron chi connectivity index (χ4n) is 2.97. The number of benzene rings is 1. The molecule has 0 aliphatic heterocycles. The molecule has 0 radical (unpaired) electrons. The maximum absolute atomic E-state index is 13.1. The normalized spacial score (nSPS) is 10.6. The van der Waals surface area contributed by atoms with Crippen LogP contribution in [-0.2, 0) is 16.1 Å². The van der Waals surface area contributed by atoms with E-state index < -0.39 is 23.3 Å². The molecule has 3 aromatic rings. The molecule has 0 saturated carbocycles. The van der Waals surface area contributed by atoms with E-state index in [0.717, 1.165) is 0 Å². The van der Waals surface area contributed by atoms with Gasteiger partial charge in [0.1, 0.15) is 28.2 Å². The average molecular weight is 408 g/mol. The van der Waals surface area contributed by atoms with E-state index in [4.69, 9.17) is 4.74 Å². The third-order valence-electron chi connectivity index (χ3n) is 4.20. The number of fused-ring (bicyclic) bond motifs is 1. The van der Waals surface area contributed by atoms with Crippen molar-refractivity contribution in [1.29, 1.82) is 0 Å². The first-order valence-electron chi connectivity index (χ1n) is 9.32. The molecule has 1 N–H and O–H groups in total. The first-order valence-corrected chi connectivity index (χ1v) is 9.32. The van der Waals surface area contributed by atoms with Gasteiger partial charge in [0.25, 0.3) is 0 Å². The monoisotopic (exact) mass is 408 g/mol. The van der Waals surface area contributed by atoms with E-state index in [1.165, 1.54) is 25.3 Å². The molecular formula is C21H20N4O5. The number of ether oxygens (including phenoxy) is 1. The molecule has 0 atom stereocenters. The molecule has 9 heteroatoms. The summed E-state index contributed by atoms with van der Waals surface area (Å²) in [5.74, 6) is -2.03. The smallest absolute Gasteiger partial charge is 0.351 e. The van der Waals surface area contributed by atoms with E-state index in [1.807, 2.05) is 6.92 Å². The topological polar surface area (TPSA) is 120 Å². The molecule has 2 aromatic heterocycles. The number of carbonyl (C=O) groups is 3. The zero-order valence-corrected chi connectivity index (χ0v) is 16.8. The van der Waals surface area contributed by atoms with E-state index in [2.05, 4.69) is 15.3 Å². The van der Waals surface area contributed by atoms with Crippen molar-refractivity contribution < 1.29 is 19.1 Å². The Bertz CT molecular complexity index is 1200. The molecule has 3 rings (SSSR count). The summed E-state index contributed by atoms with van der Waals surface area (Å²) >= 11 is 0. The maximum atomic E-state index is 13.1. The van der Waals surface area contributed by atoms with Crippen LogP contribution in [0, 0.1) is 6.92 Å². The van der Waals surface area contributed by atoms with Crippen molar-refractivity contribution >= 4 is 34.7 Å². The Hall–Kier alpha value is -3.88. The molecule has 0 fully saturated rings. The summed E-state index contributed by atoms with van der Waals surface area (Å²) in [4.78, 5) is 58.0. The average Bonchev–Trinajstić information content (AvgIpc) is 2.69. The Morgan fingerprint density at radius 3 is 2.43 bits per heavy atom. The molecule has 9 nitrogen and oxygen atoms in total. The van der Waals surface area contributed by atoms with Crippen molar-refractivity contribution in [3.05, 3.63) is 63.7 Å². The largest absolute Gasteiger partial charge is 0.386 e. The van der Waals surface area contributed by atoms with Crippen molar-refractivity contribution in [3.8, 4) is 0 Å². The first-order chi connectivity index (χ1) is 14.3. The summed E-state index contributed by atoms with van der Waals surface area (Å²) in [6.07, 6.45) is 2.01. The minimum absolute atomic E-state index is 0.00360. The minimum atomic E-state index is -1.09. The number of aromatic nitrogens is 3. The van der Waals surface area contributed by atoms with Gasteiger partial charge in [-0.15, -0.1) is 0 Å². The number of esters is 2. The fraction of sp³-hybridized carbons (Fsp3) is 0.238. The van der Waals surface area contributed by atoms with Crippen LogP contribution in [-0.4, -0.2) is 32.4 Å². The van der Waals surface area contributed by atoms with Gasteiger partial charge in [-0.25, -0.2) is 19.6 Å². The predicted molar refractivity (Wildman–Crippen MR) is 109 cm³/mol. The summed E-state index contributed by atoms with van der Waals surface area (Å²) in [7, 11) is 0. The lowest BCUT2D eigenvalue weighted by Gasteiger charge is -2.14. The zero-order chi connectivity index (χ0) is 21.8. The lowest BCUT2D eigenvalue weighted by atomic mass is 10.2. The summed E-state index contributed by atoms with van der Waals surface area (Å²) in [6.45, 7) is 5.28. The number of nitrogens with zero attached hydrogens (tertiary/aromatic N) is 3. The fourth-order valence-corrected chi connectivity index (χ4v) is 2.97. The number of hydrogen-bond acceptors (Lipinski definition) is 7. The van der Waals surface area contributed by atoms with Crippen molar-refractivity contribution in [1.82, 2.24) is 14.5 Å². The number of nitrogens with one attached hydrogen (secondary N) is 1. The van der Waals surface area contributed by atoms with Gasteiger partial charge in [-0.2, -0.15) is 0 Å². The molecule has 0 aliphatic carbocycles. The van der Waals surface area contributed by atoms with E-state index in [1.54, 1.807) is 29.7 Å². The van der Waals surface area contributed by atoms with Gasteiger partial charge in [-0.1, -0.05) is 25.1 Å². The first kappa shape index (κ1) is 20.8. The van der Waals surface area contributed by atoms with Gasteiger partial charge in [-0.3, -0.25) is 9.59 Å². The van der Waals surface area contributed by atoms with Gasteiger partial charge in [0.2, 0.25) is 11.3 Å². The molecule has 154 valence electrons. The number of carbonyl (C=O) groups excluding carboxylic acids is 3. The maximum Gasteiger partial charge on any atom is 0.351 e. The highest BCUT2D eigenvalue weighted by molar-refractivity contribution is 6.05. The Morgan fingerprint density at radius 1 is 1.10 bits per heavy atom. The molecule has 1 aromatic carbocycles. The minimum Gasteiger partial charge on any atom is -0.386 e. The highest BCUT2D eigenvalue weighted by Crippen LogP contribution is 2.19. The highest BCUT2D eigenvalue weighted by Gasteiger charge is 2.23. The van der Waals surface area contributed by atoms with Crippen LogP contribution in [0.15, 0.2) is 41.3 Å². The quantitative estimate of drug-likeness (QED) is 0.508. The van der Waals surface area contributed by atoms with Crippen LogP contribution in [0.4, 0.5) is 5.82 Å². The molecule has 30 heavy (non-hydrogen) atoms. The van der Waals surface area contributed by atoms with Crippen molar-refractivity contribution in [2.24, 2.45) is 0 Å². The lowest BCUT2D eigenvalue weighted by molar-refractivity contribution is -0.114. The van der Waals surface area contributed by atoms with Crippen LogP contribution < -0.4 is 10.7 Å². The van der Waals surface area contributed by atoms with E-state index >= 15 is 0 Å². The highest BCUT2D eigenvalue weighted by atomic mass is 16.6. The number of aryl methyl sites for hydroxylation is 2. The number of anilines is 1. The predicted octanol–water partition coefficient (Wildman–Crippen LogP) is 2.47. The Labute approximate surface area is 171 Å². The number of hydrogen-bond donors (Lipinski definition) is 1. The van der Waals surface area contributed by atoms with Crippen LogP contribution in [0.3, 0.4) is 0 Å². The van der Waals surface area contributed by atoms with Gasteiger partial charge in [0, 0.05) is 19.7 Å². The Kier molecular flexibility index (Phi) is 6.01. The van der Waals surface area contributed by atoms with Crippen LogP contribution in [0.1, 0.15) is 46.8 Å². The molecule has 0 bridgehead atoms. The number of pyridine rings is 1. The van der Waals surface area contributed by atoms with Crippen LogP contribution >= 0.6 is 0 Å². The third-order valence-corrected chi connectivity index (χ3v) is 4.20. The number of rotatable bonds is 5. The second-order valence-corrected chi connectivity index (χ2v) is 6.61. The van der Waals surface area contributed by atoms with Gasteiger partial charge >= 0.3 is 11.9 Å². The van der Waals surface area contributed by atoms with Crippen LogP contribution in [0.25, 0.3) is 11.0 Å². The van der Waals surface area contributed by atoms with E-state index in [-0.39, 0.29) is 28.0 Å². The van der Waals surface area contributed by atoms with Gasteiger partial charge < -0.3 is 14.6 Å². The van der Waals surface area contributed by atoms with Crippen molar-refractivity contribution in [2.75, 3.05) is 5.32 Å². The van der Waals surface area contributed by atoms with Gasteiger partial charge in [-0.05, 0) is 25.5 Å². The molecule has 2 heterocycles. The molecule has 1 amide bonds. The standard InChI is InChI=1S/C21H20N4O5/c1-4-10-25-11-15(21(29)30-20(28)14-8-6-5-7-9-14)17(27)16-18(24-13(3)26)22-12(2)23-19(16)25/h5-9,11H,4,10H2,1-3H3,(H,22,23,24,26). The zero-order valence-electron chi connectivity index (χ0n) is 16.8. The summed E-state index contributed by atoms with van der Waals surface area (Å²) in [5.41, 5.74) is -0.617. The van der Waals surface area contributed by atoms with Crippen molar-refractivity contribution in [2.45, 2.75) is 33.7 Å².